The second kappa shape index (κ2) is 15.5. The second-order valence-corrected chi connectivity index (χ2v) is 12.0. The van der Waals surface area contributed by atoms with Crippen LogP contribution in [0.5, 0.6) is 0 Å². The predicted octanol–water partition coefficient (Wildman–Crippen LogP) is 4.71. The van der Waals surface area contributed by atoms with Crippen molar-refractivity contribution in [3.05, 3.63) is 42.0 Å². The highest BCUT2D eigenvalue weighted by molar-refractivity contribution is 7.98. The van der Waals surface area contributed by atoms with Crippen molar-refractivity contribution in [1.82, 2.24) is 15.5 Å². The molecule has 0 aliphatic heterocycles. The number of hydrogen-bond acceptors (Lipinski definition) is 7. The number of benzene rings is 1. The van der Waals surface area contributed by atoms with Gasteiger partial charge in [0, 0.05) is 12.1 Å². The Hall–Kier alpha value is -3.01. The molecule has 0 heterocycles. The topological polar surface area (TPSA) is 114 Å². The summed E-state index contributed by atoms with van der Waals surface area (Å²) in [7, 11) is 0. The van der Waals surface area contributed by atoms with Crippen LogP contribution in [0.3, 0.4) is 0 Å². The minimum Gasteiger partial charge on any atom is -0.466 e. The molecule has 0 aromatic heterocycles. The van der Waals surface area contributed by atoms with Gasteiger partial charge in [0.2, 0.25) is 11.8 Å². The van der Waals surface area contributed by atoms with E-state index in [0.717, 1.165) is 5.56 Å². The van der Waals surface area contributed by atoms with Crippen LogP contribution in [0.1, 0.15) is 78.5 Å². The molecular formula is C29H45N3O6S. The van der Waals surface area contributed by atoms with Gasteiger partial charge in [-0.05, 0) is 84.1 Å². The van der Waals surface area contributed by atoms with E-state index in [1.54, 1.807) is 63.7 Å². The minimum atomic E-state index is -1.04. The summed E-state index contributed by atoms with van der Waals surface area (Å²) in [4.78, 5) is 53.9. The van der Waals surface area contributed by atoms with Crippen LogP contribution < -0.4 is 10.6 Å². The number of carbonyl (C=O) groups excluding carboxylic acids is 4. The summed E-state index contributed by atoms with van der Waals surface area (Å²) >= 11 is 1.54. The van der Waals surface area contributed by atoms with Gasteiger partial charge in [-0.15, -0.1) is 0 Å². The van der Waals surface area contributed by atoms with E-state index in [9.17, 15) is 19.2 Å². The van der Waals surface area contributed by atoms with Gasteiger partial charge in [-0.1, -0.05) is 30.9 Å². The monoisotopic (exact) mass is 563 g/mol. The number of hydrogen-bond donors (Lipinski definition) is 2. The van der Waals surface area contributed by atoms with E-state index < -0.39 is 47.1 Å². The summed E-state index contributed by atoms with van der Waals surface area (Å²) in [5.74, 6) is -0.695. The van der Waals surface area contributed by atoms with Crippen LogP contribution in [0.2, 0.25) is 0 Å². The maximum absolute atomic E-state index is 14.2. The first-order valence-corrected chi connectivity index (χ1v) is 14.5. The minimum absolute atomic E-state index is 0.000983. The molecule has 1 rings (SSSR count). The summed E-state index contributed by atoms with van der Waals surface area (Å²) in [6.07, 6.45) is 3.21. The van der Waals surface area contributed by atoms with E-state index >= 15 is 0 Å². The Kier molecular flexibility index (Phi) is 13.6. The molecule has 0 spiro atoms. The quantitative estimate of drug-likeness (QED) is 0.334. The normalized spacial score (nSPS) is 13.0. The number of carbonyl (C=O) groups is 4. The lowest BCUT2D eigenvalue weighted by Gasteiger charge is -2.43. The fraction of sp³-hybridized carbons (Fsp3) is 0.586. The van der Waals surface area contributed by atoms with E-state index in [1.807, 2.05) is 33.1 Å². The Morgan fingerprint density at radius 1 is 1.13 bits per heavy atom. The zero-order chi connectivity index (χ0) is 29.8. The van der Waals surface area contributed by atoms with Crippen LogP contribution >= 0.6 is 11.8 Å². The molecule has 218 valence electrons. The Bertz CT molecular complexity index is 999. The highest BCUT2D eigenvalue weighted by Gasteiger charge is 2.41. The van der Waals surface area contributed by atoms with Crippen LogP contribution in [0, 0.1) is 0 Å². The molecule has 1 aromatic carbocycles. The Morgan fingerprint density at radius 3 is 2.33 bits per heavy atom. The van der Waals surface area contributed by atoms with Crippen molar-refractivity contribution in [2.24, 2.45) is 0 Å². The van der Waals surface area contributed by atoms with Gasteiger partial charge >= 0.3 is 12.1 Å². The molecule has 2 unspecified atom stereocenters. The molecule has 0 fully saturated rings. The molecular weight excluding hydrogens is 518 g/mol. The van der Waals surface area contributed by atoms with Crippen molar-refractivity contribution in [1.29, 1.82) is 0 Å². The number of amides is 3. The largest absolute Gasteiger partial charge is 0.466 e. The number of nitrogens with zero attached hydrogens (tertiary/aromatic N) is 1. The van der Waals surface area contributed by atoms with Crippen molar-refractivity contribution in [3.63, 3.8) is 0 Å². The van der Waals surface area contributed by atoms with E-state index in [0.29, 0.717) is 17.7 Å². The SMILES string of the molecule is C=Cc1cccc(C(C(=O)NCCC(=O)OCC)N(C(=O)C(CCSC)NC(=O)OC(C)(C)C)C(C)(C)C)c1. The summed E-state index contributed by atoms with van der Waals surface area (Å²) in [5, 5.41) is 5.52. The molecule has 2 atom stereocenters. The smallest absolute Gasteiger partial charge is 0.408 e. The van der Waals surface area contributed by atoms with Gasteiger partial charge in [-0.2, -0.15) is 11.8 Å². The van der Waals surface area contributed by atoms with E-state index in [4.69, 9.17) is 9.47 Å². The predicted molar refractivity (Wildman–Crippen MR) is 156 cm³/mol. The van der Waals surface area contributed by atoms with Crippen molar-refractivity contribution in [3.8, 4) is 0 Å². The second-order valence-electron chi connectivity index (χ2n) is 11.0. The third-order valence-corrected chi connectivity index (χ3v) is 6.11. The summed E-state index contributed by atoms with van der Waals surface area (Å²) in [5.41, 5.74) is -0.209. The average molecular weight is 564 g/mol. The molecule has 0 aliphatic rings. The molecule has 0 radical (unpaired) electrons. The third kappa shape index (κ3) is 11.7. The maximum Gasteiger partial charge on any atom is 0.408 e. The number of thioether (sulfide) groups is 1. The zero-order valence-electron chi connectivity index (χ0n) is 24.6. The van der Waals surface area contributed by atoms with Crippen molar-refractivity contribution in [2.75, 3.05) is 25.2 Å². The molecule has 0 saturated heterocycles. The van der Waals surface area contributed by atoms with Gasteiger partial charge in [0.25, 0.3) is 0 Å². The fourth-order valence-electron chi connectivity index (χ4n) is 3.85. The van der Waals surface area contributed by atoms with Gasteiger partial charge in [-0.3, -0.25) is 14.4 Å². The first-order chi connectivity index (χ1) is 18.1. The van der Waals surface area contributed by atoms with Gasteiger partial charge in [-0.25, -0.2) is 4.79 Å². The number of esters is 1. The molecule has 3 amide bonds. The number of nitrogens with one attached hydrogen (secondary N) is 2. The molecule has 9 nitrogen and oxygen atoms in total. The summed E-state index contributed by atoms with van der Waals surface area (Å²) in [6.45, 7) is 16.6. The summed E-state index contributed by atoms with van der Waals surface area (Å²) in [6, 6.07) is 5.24. The highest BCUT2D eigenvalue weighted by atomic mass is 32.2. The van der Waals surface area contributed by atoms with Gasteiger partial charge in [0.1, 0.15) is 17.7 Å². The molecule has 0 bridgehead atoms. The zero-order valence-corrected chi connectivity index (χ0v) is 25.4. The van der Waals surface area contributed by atoms with Crippen LogP contribution in [-0.4, -0.2) is 71.1 Å². The van der Waals surface area contributed by atoms with Crippen LogP contribution in [0.15, 0.2) is 30.8 Å². The lowest BCUT2D eigenvalue weighted by atomic mass is 9.94. The Labute approximate surface area is 237 Å². The first-order valence-electron chi connectivity index (χ1n) is 13.1. The molecule has 39 heavy (non-hydrogen) atoms. The van der Waals surface area contributed by atoms with E-state index in [-0.39, 0.29) is 19.6 Å². The van der Waals surface area contributed by atoms with Crippen LogP contribution in [-0.2, 0) is 23.9 Å². The molecule has 0 saturated carbocycles. The molecule has 0 aliphatic carbocycles. The molecule has 2 N–H and O–H groups in total. The first kappa shape index (κ1) is 34.0. The van der Waals surface area contributed by atoms with Gasteiger partial charge in [0.05, 0.1) is 13.0 Å². The van der Waals surface area contributed by atoms with Gasteiger partial charge < -0.3 is 25.0 Å². The number of rotatable bonds is 13. The third-order valence-electron chi connectivity index (χ3n) is 5.46. The lowest BCUT2D eigenvalue weighted by molar-refractivity contribution is -0.149. The Morgan fingerprint density at radius 2 is 1.79 bits per heavy atom. The highest BCUT2D eigenvalue weighted by Crippen LogP contribution is 2.31. The van der Waals surface area contributed by atoms with Crippen molar-refractivity contribution in [2.45, 2.75) is 84.5 Å². The number of alkyl carbamates (subject to hydrolysis) is 1. The molecule has 1 aromatic rings. The van der Waals surface area contributed by atoms with Crippen LogP contribution in [0.4, 0.5) is 4.79 Å². The Balaban J connectivity index is 3.51. The van der Waals surface area contributed by atoms with E-state index in [2.05, 4.69) is 17.2 Å². The van der Waals surface area contributed by atoms with Crippen molar-refractivity contribution >= 4 is 41.7 Å². The average Bonchev–Trinajstić information content (AvgIpc) is 2.82. The lowest BCUT2D eigenvalue weighted by Crippen LogP contribution is -2.58. The standard InChI is InChI=1S/C29H45N3O6S/c1-10-20-13-12-14-21(19-20)24(25(34)30-17-15-23(33)37-11-2)32(28(3,4)5)26(35)22(16-18-39-9)31-27(36)38-29(6,7)8/h10,12-14,19,22,24H,1,11,15-18H2,2-9H3,(H,30,34)(H,31,36). The number of ether oxygens (including phenoxy) is 2. The van der Waals surface area contributed by atoms with Crippen molar-refractivity contribution < 1.29 is 28.7 Å². The maximum atomic E-state index is 14.2. The van der Waals surface area contributed by atoms with E-state index in [1.165, 1.54) is 4.90 Å². The van der Waals surface area contributed by atoms with Gasteiger partial charge in [0.15, 0.2) is 0 Å². The van der Waals surface area contributed by atoms with Crippen LogP contribution in [0.25, 0.3) is 6.08 Å². The summed E-state index contributed by atoms with van der Waals surface area (Å²) < 4.78 is 10.4. The fourth-order valence-corrected chi connectivity index (χ4v) is 4.32. The molecule has 10 heteroatoms.